The molecule has 22 heavy (non-hydrogen) atoms. The van der Waals surface area contributed by atoms with Crippen LogP contribution < -0.4 is 5.32 Å². The summed E-state index contributed by atoms with van der Waals surface area (Å²) < 4.78 is 16.8. The molecule has 4 nitrogen and oxygen atoms in total. The fraction of sp³-hybridized carbons (Fsp3) is 0.471. The molecule has 0 saturated heterocycles. The molecule has 0 radical (unpaired) electrons. The van der Waals surface area contributed by atoms with E-state index in [4.69, 9.17) is 4.74 Å². The van der Waals surface area contributed by atoms with E-state index in [9.17, 15) is 9.00 Å². The first-order valence-corrected chi connectivity index (χ1v) is 9.06. The highest BCUT2D eigenvalue weighted by atomic mass is 32.2. The Bertz CT molecular complexity index is 557. The lowest BCUT2D eigenvalue weighted by Crippen LogP contribution is -2.23. The Labute approximate surface area is 134 Å². The molecular weight excluding hydrogens is 298 g/mol. The van der Waals surface area contributed by atoms with E-state index < -0.39 is 10.8 Å². The zero-order chi connectivity index (χ0) is 15.8. The predicted molar refractivity (Wildman–Crippen MR) is 90.1 cm³/mol. The number of amides is 1. The quantitative estimate of drug-likeness (QED) is 0.786. The number of carbonyl (C=O) groups excluding carboxylic acids is 1. The molecule has 1 aliphatic rings. The van der Waals surface area contributed by atoms with Gasteiger partial charge in [-0.05, 0) is 37.0 Å². The van der Waals surface area contributed by atoms with Crippen molar-refractivity contribution in [1.82, 2.24) is 0 Å². The number of anilines is 1. The summed E-state index contributed by atoms with van der Waals surface area (Å²) >= 11 is 0. The highest BCUT2D eigenvalue weighted by Crippen LogP contribution is 2.21. The molecule has 2 rings (SSSR count). The Balaban J connectivity index is 1.91. The Morgan fingerprint density at radius 2 is 2.27 bits per heavy atom. The topological polar surface area (TPSA) is 55.4 Å². The molecule has 0 aliphatic heterocycles. The second kappa shape index (κ2) is 8.86. The molecule has 1 aliphatic carbocycles. The Kier molecular flexibility index (Phi) is 6.80. The van der Waals surface area contributed by atoms with Crippen molar-refractivity contribution in [2.75, 3.05) is 24.8 Å². The number of allylic oxidation sites excluding steroid dienone is 2. The highest BCUT2D eigenvalue weighted by Gasteiger charge is 2.18. The van der Waals surface area contributed by atoms with Gasteiger partial charge in [-0.1, -0.05) is 24.3 Å². The number of rotatable bonds is 7. The summed E-state index contributed by atoms with van der Waals surface area (Å²) in [6, 6.07) is 7.60. The highest BCUT2D eigenvalue weighted by molar-refractivity contribution is 7.84. The molecule has 120 valence electrons. The number of hydrogen-bond acceptors (Lipinski definition) is 3. The predicted octanol–water partition coefficient (Wildman–Crippen LogP) is 2.88. The molecule has 0 heterocycles. The van der Waals surface area contributed by atoms with Gasteiger partial charge in [0.15, 0.2) is 0 Å². The summed E-state index contributed by atoms with van der Waals surface area (Å²) in [5, 5.41) is 2.97. The first-order chi connectivity index (χ1) is 10.7. The van der Waals surface area contributed by atoms with Gasteiger partial charge < -0.3 is 10.1 Å². The number of hydrogen-bond donors (Lipinski definition) is 1. The molecule has 5 heteroatoms. The molecule has 0 bridgehead atoms. The zero-order valence-corrected chi connectivity index (χ0v) is 13.7. The Morgan fingerprint density at radius 3 is 3.00 bits per heavy atom. The number of carbonyl (C=O) groups is 1. The van der Waals surface area contributed by atoms with Gasteiger partial charge in [0.1, 0.15) is 0 Å². The molecule has 0 fully saturated rings. The van der Waals surface area contributed by atoms with Crippen molar-refractivity contribution in [1.29, 1.82) is 0 Å². The van der Waals surface area contributed by atoms with E-state index >= 15 is 0 Å². The minimum atomic E-state index is -0.943. The van der Waals surface area contributed by atoms with Crippen molar-refractivity contribution < 1.29 is 13.7 Å². The van der Waals surface area contributed by atoms with Crippen LogP contribution in [0.25, 0.3) is 0 Å². The second-order valence-corrected chi connectivity index (χ2v) is 7.03. The minimum absolute atomic E-state index is 0.0597. The van der Waals surface area contributed by atoms with Crippen LogP contribution in [0.2, 0.25) is 0 Å². The molecule has 2 atom stereocenters. The maximum absolute atomic E-state index is 12.2. The van der Waals surface area contributed by atoms with Crippen molar-refractivity contribution in [2.24, 2.45) is 5.92 Å². The van der Waals surface area contributed by atoms with Gasteiger partial charge in [-0.3, -0.25) is 9.00 Å². The van der Waals surface area contributed by atoms with Crippen LogP contribution in [0.1, 0.15) is 24.8 Å². The van der Waals surface area contributed by atoms with Crippen LogP contribution in [-0.2, 0) is 26.1 Å². The number of nitrogens with one attached hydrogen (secondary N) is 1. The second-order valence-electron chi connectivity index (χ2n) is 5.45. The normalized spacial score (nSPS) is 18.9. The summed E-state index contributed by atoms with van der Waals surface area (Å²) in [4.78, 5) is 12.2. The molecule has 1 aromatic rings. The lowest BCUT2D eigenvalue weighted by Gasteiger charge is -2.17. The maximum atomic E-state index is 12.2. The largest absolute Gasteiger partial charge is 0.384 e. The van der Waals surface area contributed by atoms with Crippen LogP contribution in [0.5, 0.6) is 0 Å². The molecule has 0 aromatic heterocycles. The van der Waals surface area contributed by atoms with Gasteiger partial charge in [0.25, 0.3) is 0 Å². The maximum Gasteiger partial charge on any atom is 0.227 e. The average Bonchev–Trinajstić information content (AvgIpc) is 2.54. The average molecular weight is 321 g/mol. The Morgan fingerprint density at radius 1 is 1.41 bits per heavy atom. The molecule has 1 aromatic carbocycles. The van der Waals surface area contributed by atoms with E-state index in [0.717, 1.165) is 30.5 Å². The fourth-order valence-corrected chi connectivity index (χ4v) is 3.50. The van der Waals surface area contributed by atoms with Gasteiger partial charge in [0.2, 0.25) is 5.91 Å². The van der Waals surface area contributed by atoms with E-state index in [2.05, 4.69) is 17.5 Å². The van der Waals surface area contributed by atoms with E-state index in [1.54, 1.807) is 7.11 Å². The van der Waals surface area contributed by atoms with E-state index in [0.29, 0.717) is 18.1 Å². The van der Waals surface area contributed by atoms with Gasteiger partial charge in [0, 0.05) is 41.0 Å². The van der Waals surface area contributed by atoms with Crippen LogP contribution in [0.3, 0.4) is 0 Å². The minimum Gasteiger partial charge on any atom is -0.384 e. The van der Waals surface area contributed by atoms with Gasteiger partial charge in [0.05, 0.1) is 6.61 Å². The van der Waals surface area contributed by atoms with Crippen molar-refractivity contribution in [3.05, 3.63) is 42.0 Å². The van der Waals surface area contributed by atoms with Crippen LogP contribution in [0.4, 0.5) is 5.69 Å². The van der Waals surface area contributed by atoms with Gasteiger partial charge in [-0.15, -0.1) is 0 Å². The molecule has 0 unspecified atom stereocenters. The molecular formula is C17H23NO3S. The number of ether oxygens (including phenoxy) is 1. The third-order valence-electron chi connectivity index (χ3n) is 3.68. The van der Waals surface area contributed by atoms with Crippen molar-refractivity contribution >= 4 is 22.4 Å². The molecule has 0 spiro atoms. The van der Waals surface area contributed by atoms with Crippen LogP contribution >= 0.6 is 0 Å². The third-order valence-corrected chi connectivity index (χ3v) is 4.95. The van der Waals surface area contributed by atoms with Gasteiger partial charge in [-0.2, -0.15) is 0 Å². The standard InChI is InChI=1S/C17H23NO3S/c1-21-10-11-22(20)13-14-6-5-9-16(12-14)18-17(19)15-7-3-2-4-8-15/h2-3,5-6,9,12,15H,4,7-8,10-11,13H2,1H3,(H,18,19)/t15-,22-/m1/s1. The smallest absolute Gasteiger partial charge is 0.227 e. The summed E-state index contributed by atoms with van der Waals surface area (Å²) in [7, 11) is 0.662. The van der Waals surface area contributed by atoms with Crippen molar-refractivity contribution in [3.8, 4) is 0 Å². The van der Waals surface area contributed by atoms with E-state index in [1.807, 2.05) is 24.3 Å². The summed E-state index contributed by atoms with van der Waals surface area (Å²) in [5.41, 5.74) is 1.75. The number of methoxy groups -OCH3 is 1. The van der Waals surface area contributed by atoms with E-state index in [1.165, 1.54) is 0 Å². The van der Waals surface area contributed by atoms with Gasteiger partial charge >= 0.3 is 0 Å². The SMILES string of the molecule is COCC[S@@](=O)Cc1cccc(NC(=O)[C@@H]2CC=CCC2)c1. The lowest BCUT2D eigenvalue weighted by atomic mass is 9.93. The molecule has 1 N–H and O–H groups in total. The molecule has 0 saturated carbocycles. The fourth-order valence-electron chi connectivity index (χ4n) is 2.45. The summed E-state index contributed by atoms with van der Waals surface area (Å²) in [6.07, 6.45) is 6.88. The van der Waals surface area contributed by atoms with Crippen molar-refractivity contribution in [2.45, 2.75) is 25.0 Å². The first-order valence-electron chi connectivity index (χ1n) is 7.57. The first kappa shape index (κ1) is 16.9. The van der Waals surface area contributed by atoms with Gasteiger partial charge in [-0.25, -0.2) is 0 Å². The van der Waals surface area contributed by atoms with Crippen molar-refractivity contribution in [3.63, 3.8) is 0 Å². The lowest BCUT2D eigenvalue weighted by molar-refractivity contribution is -0.120. The summed E-state index contributed by atoms with van der Waals surface area (Å²) in [6.45, 7) is 0.498. The van der Waals surface area contributed by atoms with Crippen LogP contribution in [-0.4, -0.2) is 29.6 Å². The molecule has 1 amide bonds. The van der Waals surface area contributed by atoms with E-state index in [-0.39, 0.29) is 11.8 Å². The van der Waals surface area contributed by atoms with Crippen LogP contribution in [0, 0.1) is 5.92 Å². The Hall–Kier alpha value is -1.46. The third kappa shape index (κ3) is 5.39. The zero-order valence-electron chi connectivity index (χ0n) is 12.9. The summed E-state index contributed by atoms with van der Waals surface area (Å²) in [5.74, 6) is 1.15. The van der Waals surface area contributed by atoms with Crippen LogP contribution in [0.15, 0.2) is 36.4 Å². The number of benzene rings is 1. The monoisotopic (exact) mass is 321 g/mol.